The van der Waals surface area contributed by atoms with E-state index in [-0.39, 0.29) is 74.6 Å². The summed E-state index contributed by atoms with van der Waals surface area (Å²) in [6, 6.07) is 7.99. The summed E-state index contributed by atoms with van der Waals surface area (Å²) in [5.41, 5.74) is -0.126. The number of carbonyl (C=O) groups is 4. The first-order valence-electron chi connectivity index (χ1n) is 12.0. The van der Waals surface area contributed by atoms with E-state index in [0.29, 0.717) is 26.7 Å². The van der Waals surface area contributed by atoms with Crippen LogP contribution in [0, 0.1) is 0 Å². The van der Waals surface area contributed by atoms with Gasteiger partial charge in [-0.3, -0.25) is 19.4 Å². The second-order valence-corrected chi connectivity index (χ2v) is 12.8. The minimum absolute atomic E-state index is 0.0318. The standard InChI is InChI=1S/C28H15Cl6I2N3O5/c29-20-12(7-35)22(31)24(33)17(14(20)9-40)16(41)6-11-5-4-10-2-1-3-15(26(10)38-11)39(37)27(42)18-19(28(43)44)21(30)13(8-36)23(32)25(18)34/h1-5,9H,6-8,37H2,(H,43,44). The van der Waals surface area contributed by atoms with Crippen LogP contribution in [-0.4, -0.2) is 34.0 Å². The van der Waals surface area contributed by atoms with Gasteiger partial charge in [0.15, 0.2) is 12.1 Å². The van der Waals surface area contributed by atoms with Crippen molar-refractivity contribution >= 4 is 155 Å². The van der Waals surface area contributed by atoms with Crippen molar-refractivity contribution < 1.29 is 24.3 Å². The monoisotopic (exact) mass is 937 g/mol. The van der Waals surface area contributed by atoms with Crippen molar-refractivity contribution in [3.63, 3.8) is 0 Å². The number of hydrogen-bond acceptors (Lipinski definition) is 6. The van der Waals surface area contributed by atoms with Crippen molar-refractivity contribution in [1.82, 2.24) is 4.98 Å². The number of nitrogens with two attached hydrogens (primary N) is 1. The Morgan fingerprint density at radius 2 is 1.41 bits per heavy atom. The lowest BCUT2D eigenvalue weighted by atomic mass is 9.98. The molecular weight excluding hydrogens is 925 g/mol. The van der Waals surface area contributed by atoms with E-state index in [1.54, 1.807) is 24.3 Å². The lowest BCUT2D eigenvalue weighted by Gasteiger charge is -2.22. The highest BCUT2D eigenvalue weighted by Crippen LogP contribution is 2.42. The molecule has 4 aromatic rings. The number of anilines is 1. The number of para-hydroxylation sites is 1. The summed E-state index contributed by atoms with van der Waals surface area (Å²) in [6.45, 7) is 0. The van der Waals surface area contributed by atoms with E-state index in [9.17, 15) is 24.3 Å². The van der Waals surface area contributed by atoms with Gasteiger partial charge >= 0.3 is 5.97 Å². The molecule has 1 amide bonds. The van der Waals surface area contributed by atoms with Gasteiger partial charge in [-0.05, 0) is 12.1 Å². The molecule has 0 atom stereocenters. The number of benzene rings is 3. The Balaban J connectivity index is 1.81. The van der Waals surface area contributed by atoms with Gasteiger partial charge in [-0.2, -0.15) is 0 Å². The third-order valence-electron chi connectivity index (χ3n) is 6.53. The maximum Gasteiger partial charge on any atom is 0.338 e. The number of nitrogens with zero attached hydrogens (tertiary/aromatic N) is 2. The molecule has 8 nitrogen and oxygen atoms in total. The Labute approximate surface area is 307 Å². The van der Waals surface area contributed by atoms with Crippen LogP contribution >= 0.6 is 115 Å². The fourth-order valence-electron chi connectivity index (χ4n) is 4.41. The number of carboxylic acids is 1. The van der Waals surface area contributed by atoms with Gasteiger partial charge in [-0.15, -0.1) is 0 Å². The van der Waals surface area contributed by atoms with Crippen LogP contribution in [0.1, 0.15) is 58.3 Å². The first kappa shape index (κ1) is 35.4. The van der Waals surface area contributed by atoms with Gasteiger partial charge in [0.05, 0.1) is 64.5 Å². The van der Waals surface area contributed by atoms with Crippen LogP contribution < -0.4 is 10.9 Å². The quantitative estimate of drug-likeness (QED) is 0.0250. The van der Waals surface area contributed by atoms with Crippen molar-refractivity contribution in [2.24, 2.45) is 5.84 Å². The number of alkyl halides is 2. The number of aldehydes is 1. The normalized spacial score (nSPS) is 11.1. The van der Waals surface area contributed by atoms with Gasteiger partial charge in [-0.1, -0.05) is 133 Å². The van der Waals surface area contributed by atoms with E-state index in [0.717, 1.165) is 0 Å². The van der Waals surface area contributed by atoms with Gasteiger partial charge in [0.1, 0.15) is 0 Å². The summed E-state index contributed by atoms with van der Waals surface area (Å²) in [7, 11) is 0. The molecule has 3 N–H and O–H groups in total. The number of aromatic carboxylic acids is 1. The van der Waals surface area contributed by atoms with Gasteiger partial charge in [-0.25, -0.2) is 15.6 Å². The van der Waals surface area contributed by atoms with Crippen molar-refractivity contribution in [2.75, 3.05) is 5.01 Å². The fourth-order valence-corrected chi connectivity index (χ4v) is 8.69. The van der Waals surface area contributed by atoms with Gasteiger partial charge in [0.25, 0.3) is 5.91 Å². The van der Waals surface area contributed by atoms with Crippen LogP contribution in [-0.2, 0) is 15.3 Å². The number of halogens is 8. The Morgan fingerprint density at radius 3 is 1.98 bits per heavy atom. The molecule has 16 heteroatoms. The average Bonchev–Trinajstić information content (AvgIpc) is 2.99. The van der Waals surface area contributed by atoms with Crippen molar-refractivity contribution in [3.8, 4) is 0 Å². The zero-order valence-corrected chi connectivity index (χ0v) is 30.5. The molecule has 0 aliphatic carbocycles. The number of hydrogen-bond donors (Lipinski definition) is 2. The highest BCUT2D eigenvalue weighted by atomic mass is 127. The number of fused-ring (bicyclic) bond motifs is 1. The first-order valence-corrected chi connectivity index (χ1v) is 17.3. The zero-order chi connectivity index (χ0) is 32.6. The molecule has 0 spiro atoms. The third kappa shape index (κ3) is 6.39. The van der Waals surface area contributed by atoms with Gasteiger partial charge < -0.3 is 5.11 Å². The van der Waals surface area contributed by atoms with Crippen molar-refractivity contribution in [2.45, 2.75) is 15.3 Å². The Kier molecular flexibility index (Phi) is 11.7. The maximum atomic E-state index is 13.7. The second kappa shape index (κ2) is 14.5. The molecule has 0 fully saturated rings. The number of aromatic nitrogens is 1. The van der Waals surface area contributed by atoms with Crippen LogP contribution in [0.2, 0.25) is 30.1 Å². The van der Waals surface area contributed by atoms with Crippen LogP contribution in [0.5, 0.6) is 0 Å². The number of ketones is 1. The molecule has 0 aliphatic rings. The number of Topliss-reactive ketones (excluding diaryl/α,β-unsaturated/α-hetero) is 1. The van der Waals surface area contributed by atoms with Crippen LogP contribution in [0.4, 0.5) is 5.69 Å². The third-order valence-corrected chi connectivity index (χ3v) is 10.7. The number of amides is 1. The summed E-state index contributed by atoms with van der Waals surface area (Å²) < 4.78 is 0.582. The van der Waals surface area contributed by atoms with E-state index in [4.69, 9.17) is 75.4 Å². The zero-order valence-electron chi connectivity index (χ0n) is 21.7. The molecule has 0 saturated carbocycles. The van der Waals surface area contributed by atoms with Crippen LogP contribution in [0.15, 0.2) is 30.3 Å². The lowest BCUT2D eigenvalue weighted by Crippen LogP contribution is -2.39. The summed E-state index contributed by atoms with van der Waals surface area (Å²) >= 11 is 42.2. The Hall–Kier alpha value is -1.49. The minimum Gasteiger partial charge on any atom is -0.478 e. The van der Waals surface area contributed by atoms with E-state index in [1.165, 1.54) is 6.07 Å². The topological polar surface area (TPSA) is 131 Å². The van der Waals surface area contributed by atoms with Crippen molar-refractivity contribution in [1.29, 1.82) is 0 Å². The van der Waals surface area contributed by atoms with E-state index >= 15 is 0 Å². The predicted molar refractivity (Wildman–Crippen MR) is 192 cm³/mol. The molecule has 3 aromatic carbocycles. The number of pyridine rings is 1. The molecule has 228 valence electrons. The molecule has 1 heterocycles. The smallest absolute Gasteiger partial charge is 0.338 e. The highest BCUT2D eigenvalue weighted by molar-refractivity contribution is 14.1. The number of carboxylic acid groups (broad SMARTS) is 1. The Bertz CT molecular complexity index is 1910. The van der Waals surface area contributed by atoms with Gasteiger partial charge in [0, 0.05) is 36.6 Å². The lowest BCUT2D eigenvalue weighted by molar-refractivity contribution is 0.0691. The first-order chi connectivity index (χ1) is 20.8. The predicted octanol–water partition coefficient (Wildman–Crippen LogP) is 9.48. The summed E-state index contributed by atoms with van der Waals surface area (Å²) in [5, 5.41) is 10.5. The molecule has 4 rings (SSSR count). The molecule has 44 heavy (non-hydrogen) atoms. The van der Waals surface area contributed by atoms with E-state index in [2.05, 4.69) is 4.98 Å². The molecule has 0 radical (unpaired) electrons. The summed E-state index contributed by atoms with van der Waals surface area (Å²) in [6.07, 6.45) is 0.122. The number of rotatable bonds is 9. The van der Waals surface area contributed by atoms with E-state index in [1.807, 2.05) is 45.2 Å². The average molecular weight is 940 g/mol. The SMILES string of the molecule is NN(C(=O)c1c(Cl)c(Cl)c(CI)c(Cl)c1C(=O)O)c1cccc2ccc(CC(=O)c3c(Cl)c(Cl)c(CI)c(Cl)c3C=O)nc12. The van der Waals surface area contributed by atoms with Crippen LogP contribution in [0.3, 0.4) is 0 Å². The number of hydrazine groups is 1. The van der Waals surface area contributed by atoms with Crippen molar-refractivity contribution in [3.05, 3.63) is 99.5 Å². The van der Waals surface area contributed by atoms with Crippen LogP contribution in [0.25, 0.3) is 10.9 Å². The molecule has 0 saturated heterocycles. The largest absolute Gasteiger partial charge is 0.478 e. The fraction of sp³-hybridized carbons (Fsp3) is 0.107. The second-order valence-electron chi connectivity index (χ2n) is 9.00. The Morgan fingerprint density at radius 1 is 0.818 bits per heavy atom. The summed E-state index contributed by atoms with van der Waals surface area (Å²) in [5.74, 6) is 3.15. The molecule has 1 aromatic heterocycles. The molecule has 0 unspecified atom stereocenters. The van der Waals surface area contributed by atoms with Gasteiger partial charge in [0.2, 0.25) is 0 Å². The molecular formula is C28H15Cl6I2N3O5. The maximum absolute atomic E-state index is 13.7. The number of carbonyl (C=O) groups excluding carboxylic acids is 3. The van der Waals surface area contributed by atoms with E-state index < -0.39 is 28.8 Å². The molecule has 0 aliphatic heterocycles. The summed E-state index contributed by atoms with van der Waals surface area (Å²) in [4.78, 5) is 55.8. The minimum atomic E-state index is -1.51. The molecule has 0 bridgehead atoms. The highest BCUT2D eigenvalue weighted by Gasteiger charge is 2.32.